The topological polar surface area (TPSA) is 26.3 Å². The van der Waals surface area contributed by atoms with Crippen molar-refractivity contribution in [2.75, 3.05) is 7.11 Å². The van der Waals surface area contributed by atoms with Crippen LogP contribution in [-0.4, -0.2) is 13.1 Å². The molecule has 1 rings (SSSR count). The second-order valence-corrected chi connectivity index (χ2v) is 2.94. The third kappa shape index (κ3) is 2.70. The number of halogens is 1. The Kier molecular flexibility index (Phi) is 3.71. The number of ether oxygens (including phenoxy) is 1. The second-order valence-electron chi connectivity index (χ2n) is 2.41. The molecule has 0 spiro atoms. The lowest BCUT2D eigenvalue weighted by Crippen LogP contribution is -2.00. The van der Waals surface area contributed by atoms with Crippen molar-refractivity contribution in [3.05, 3.63) is 40.4 Å². The van der Waals surface area contributed by atoms with Gasteiger partial charge in [-0.2, -0.15) is 0 Å². The second kappa shape index (κ2) is 4.82. The molecule has 0 unspecified atom stereocenters. The first-order valence-corrected chi connectivity index (χ1v) is 4.64. The Bertz CT molecular complexity index is 331. The first-order valence-electron chi connectivity index (χ1n) is 3.73. The number of carbonyl (C=O) groups excluding carboxylic acids is 1. The van der Waals surface area contributed by atoms with Crippen molar-refractivity contribution in [2.24, 2.45) is 0 Å². The van der Waals surface area contributed by atoms with Crippen molar-refractivity contribution in [3.63, 3.8) is 0 Å². The average Bonchev–Trinajstić information content (AvgIpc) is 2.18. The predicted octanol–water partition coefficient (Wildman–Crippen LogP) is 2.84. The number of esters is 1. The van der Waals surface area contributed by atoms with E-state index in [0.717, 1.165) is 5.56 Å². The van der Waals surface area contributed by atoms with E-state index in [-0.39, 0.29) is 5.97 Å². The quantitative estimate of drug-likeness (QED) is 0.744. The molecule has 0 bridgehead atoms. The zero-order valence-corrected chi connectivity index (χ0v) is 8.74. The van der Waals surface area contributed by atoms with Crippen LogP contribution in [-0.2, 0) is 4.74 Å². The lowest BCUT2D eigenvalue weighted by molar-refractivity contribution is 0.0600. The largest absolute Gasteiger partial charge is 0.465 e. The molecule has 0 saturated heterocycles. The molecule has 0 aliphatic heterocycles. The third-order valence-electron chi connectivity index (χ3n) is 1.56. The molecule has 0 atom stereocenters. The molecule has 0 aromatic heterocycles. The molecule has 0 saturated carbocycles. The molecule has 0 amide bonds. The zero-order chi connectivity index (χ0) is 9.68. The normalized spacial score (nSPS) is 10.3. The Labute approximate surface area is 85.3 Å². The van der Waals surface area contributed by atoms with Gasteiger partial charge in [0.2, 0.25) is 0 Å². The lowest BCUT2D eigenvalue weighted by Gasteiger charge is -1.99. The van der Waals surface area contributed by atoms with Gasteiger partial charge in [-0.15, -0.1) is 0 Å². The van der Waals surface area contributed by atoms with Gasteiger partial charge in [0.1, 0.15) is 0 Å². The van der Waals surface area contributed by atoms with E-state index in [0.29, 0.717) is 5.56 Å². The standard InChI is InChI=1S/C10H9BrO2/c1-13-10(12)9-4-2-3-8(7-9)5-6-11/h2-7H,1H3. The maximum Gasteiger partial charge on any atom is 0.337 e. The SMILES string of the molecule is COC(=O)c1cccc(C=CBr)c1. The summed E-state index contributed by atoms with van der Waals surface area (Å²) in [6.07, 6.45) is 1.85. The van der Waals surface area contributed by atoms with Crippen molar-refractivity contribution in [2.45, 2.75) is 0 Å². The minimum atomic E-state index is -0.315. The van der Waals surface area contributed by atoms with Gasteiger partial charge in [0.05, 0.1) is 12.7 Å². The average molecular weight is 241 g/mol. The minimum absolute atomic E-state index is 0.315. The molecule has 0 heterocycles. The first-order chi connectivity index (χ1) is 6.27. The van der Waals surface area contributed by atoms with Gasteiger partial charge in [0.15, 0.2) is 0 Å². The molecule has 1 aromatic carbocycles. The van der Waals surface area contributed by atoms with Crippen LogP contribution >= 0.6 is 15.9 Å². The van der Waals surface area contributed by atoms with Crippen molar-refractivity contribution < 1.29 is 9.53 Å². The molecule has 0 N–H and O–H groups in total. The highest BCUT2D eigenvalue weighted by Crippen LogP contribution is 2.08. The Hall–Kier alpha value is -1.09. The van der Waals surface area contributed by atoms with Crippen LogP contribution in [0.2, 0.25) is 0 Å². The van der Waals surface area contributed by atoms with E-state index in [1.165, 1.54) is 7.11 Å². The van der Waals surface area contributed by atoms with Gasteiger partial charge in [-0.25, -0.2) is 4.79 Å². The molecule has 13 heavy (non-hydrogen) atoms. The maximum atomic E-state index is 11.1. The van der Waals surface area contributed by atoms with E-state index in [1.807, 2.05) is 18.2 Å². The summed E-state index contributed by atoms with van der Waals surface area (Å²) in [7, 11) is 1.37. The van der Waals surface area contributed by atoms with Crippen LogP contribution in [0.4, 0.5) is 0 Å². The van der Waals surface area contributed by atoms with Crippen LogP contribution in [0, 0.1) is 0 Å². The molecule has 68 valence electrons. The Morgan fingerprint density at radius 2 is 2.31 bits per heavy atom. The molecular weight excluding hydrogens is 232 g/mol. The fourth-order valence-electron chi connectivity index (χ4n) is 0.960. The van der Waals surface area contributed by atoms with E-state index >= 15 is 0 Å². The summed E-state index contributed by atoms with van der Waals surface area (Å²) in [5.41, 5.74) is 1.52. The summed E-state index contributed by atoms with van der Waals surface area (Å²) in [4.78, 5) is 12.9. The molecule has 0 aliphatic rings. The van der Waals surface area contributed by atoms with Crippen LogP contribution in [0.1, 0.15) is 15.9 Å². The summed E-state index contributed by atoms with van der Waals surface area (Å²) in [6, 6.07) is 7.21. The fourth-order valence-corrected chi connectivity index (χ4v) is 1.27. The monoisotopic (exact) mass is 240 g/mol. The van der Waals surface area contributed by atoms with Crippen LogP contribution < -0.4 is 0 Å². The highest BCUT2D eigenvalue weighted by atomic mass is 79.9. The Morgan fingerprint density at radius 3 is 2.92 bits per heavy atom. The van der Waals surface area contributed by atoms with Crippen LogP contribution in [0.15, 0.2) is 29.3 Å². The summed E-state index contributed by atoms with van der Waals surface area (Å²) < 4.78 is 4.59. The van der Waals surface area contributed by atoms with Crippen LogP contribution in [0.25, 0.3) is 6.08 Å². The number of rotatable bonds is 2. The number of hydrogen-bond donors (Lipinski definition) is 0. The van der Waals surface area contributed by atoms with Gasteiger partial charge in [-0.05, 0) is 28.8 Å². The predicted molar refractivity (Wildman–Crippen MR) is 55.7 cm³/mol. The van der Waals surface area contributed by atoms with E-state index in [4.69, 9.17) is 0 Å². The third-order valence-corrected chi connectivity index (χ3v) is 1.83. The van der Waals surface area contributed by atoms with E-state index < -0.39 is 0 Å². The van der Waals surface area contributed by atoms with E-state index in [1.54, 1.807) is 17.1 Å². The lowest BCUT2D eigenvalue weighted by atomic mass is 10.1. The molecule has 1 aromatic rings. The highest BCUT2D eigenvalue weighted by Gasteiger charge is 2.03. The molecule has 0 aliphatic carbocycles. The van der Waals surface area contributed by atoms with Crippen molar-refractivity contribution >= 4 is 28.0 Å². The van der Waals surface area contributed by atoms with Gasteiger partial charge in [-0.1, -0.05) is 28.1 Å². The van der Waals surface area contributed by atoms with Crippen molar-refractivity contribution in [3.8, 4) is 0 Å². The summed E-state index contributed by atoms with van der Waals surface area (Å²) >= 11 is 3.17. The molecule has 3 heteroatoms. The van der Waals surface area contributed by atoms with Crippen LogP contribution in [0.3, 0.4) is 0 Å². The molecule has 0 fully saturated rings. The summed E-state index contributed by atoms with van der Waals surface area (Å²) in [5.74, 6) is -0.315. The zero-order valence-electron chi connectivity index (χ0n) is 7.16. The molecule has 2 nitrogen and oxygen atoms in total. The number of carbonyl (C=O) groups is 1. The number of hydrogen-bond acceptors (Lipinski definition) is 2. The number of methoxy groups -OCH3 is 1. The van der Waals surface area contributed by atoms with Crippen molar-refractivity contribution in [1.29, 1.82) is 0 Å². The Balaban J connectivity index is 2.98. The smallest absolute Gasteiger partial charge is 0.337 e. The fraction of sp³-hybridized carbons (Fsp3) is 0.100. The molecule has 0 radical (unpaired) electrons. The van der Waals surface area contributed by atoms with E-state index in [2.05, 4.69) is 20.7 Å². The van der Waals surface area contributed by atoms with E-state index in [9.17, 15) is 4.79 Å². The molecular formula is C10H9BrO2. The number of benzene rings is 1. The maximum absolute atomic E-state index is 11.1. The van der Waals surface area contributed by atoms with Crippen molar-refractivity contribution in [1.82, 2.24) is 0 Å². The minimum Gasteiger partial charge on any atom is -0.465 e. The summed E-state index contributed by atoms with van der Waals surface area (Å²) in [5, 5.41) is 0. The Morgan fingerprint density at radius 1 is 1.54 bits per heavy atom. The van der Waals surface area contributed by atoms with Gasteiger partial charge in [0, 0.05) is 0 Å². The first kappa shape index (κ1) is 9.99. The van der Waals surface area contributed by atoms with Gasteiger partial charge in [0.25, 0.3) is 0 Å². The van der Waals surface area contributed by atoms with Gasteiger partial charge in [-0.3, -0.25) is 0 Å². The van der Waals surface area contributed by atoms with Crippen LogP contribution in [0.5, 0.6) is 0 Å². The van der Waals surface area contributed by atoms with Gasteiger partial charge < -0.3 is 4.74 Å². The summed E-state index contributed by atoms with van der Waals surface area (Å²) in [6.45, 7) is 0. The van der Waals surface area contributed by atoms with Gasteiger partial charge >= 0.3 is 5.97 Å². The highest BCUT2D eigenvalue weighted by molar-refractivity contribution is 9.11.